The van der Waals surface area contributed by atoms with Crippen LogP contribution in [-0.4, -0.2) is 18.4 Å². The Morgan fingerprint density at radius 2 is 1.52 bits per heavy atom. The lowest BCUT2D eigenvalue weighted by Crippen LogP contribution is -2.27. The Hall–Kier alpha value is -3.87. The zero-order valence-electron chi connectivity index (χ0n) is 15.5. The molecule has 6 nitrogen and oxygen atoms in total. The maximum absolute atomic E-state index is 13.1. The third-order valence-corrected chi connectivity index (χ3v) is 4.05. The van der Waals surface area contributed by atoms with Crippen LogP contribution >= 0.6 is 0 Å². The highest BCUT2D eigenvalue weighted by Gasteiger charge is 2.20. The third-order valence-electron chi connectivity index (χ3n) is 4.05. The molecule has 0 aliphatic rings. The molecule has 0 aliphatic carbocycles. The van der Waals surface area contributed by atoms with Gasteiger partial charge in [-0.3, -0.25) is 9.59 Å². The molecule has 2 amide bonds. The van der Waals surface area contributed by atoms with Crippen LogP contribution in [0, 0.1) is 5.82 Å². The smallest absolute Gasteiger partial charge is 0.255 e. The minimum absolute atomic E-state index is 0.209. The molecule has 0 saturated carbocycles. The maximum Gasteiger partial charge on any atom is 0.255 e. The molecule has 3 rings (SSSR count). The van der Waals surface area contributed by atoms with E-state index in [2.05, 4.69) is 10.6 Å². The van der Waals surface area contributed by atoms with E-state index in [0.29, 0.717) is 17.1 Å². The van der Waals surface area contributed by atoms with Crippen molar-refractivity contribution >= 4 is 23.2 Å². The van der Waals surface area contributed by atoms with Crippen LogP contribution in [0.25, 0.3) is 0 Å². The molecule has 0 radical (unpaired) electrons. The molecule has 0 heterocycles. The molecular weight excluding hydrogens is 373 g/mol. The molecule has 0 bridgehead atoms. The van der Waals surface area contributed by atoms with Gasteiger partial charge in [-0.15, -0.1) is 0 Å². The normalized spacial score (nSPS) is 11.3. The van der Waals surface area contributed by atoms with E-state index >= 15 is 0 Å². The first-order valence-electron chi connectivity index (χ1n) is 8.90. The number of ether oxygens (including phenoxy) is 1. The first kappa shape index (κ1) is 19.9. The second-order valence-corrected chi connectivity index (χ2v) is 6.26. The summed E-state index contributed by atoms with van der Waals surface area (Å²) in [5.41, 5.74) is 7.00. The minimum Gasteiger partial charge on any atom is -0.484 e. The number of hydrogen-bond donors (Lipinski definition) is 3. The van der Waals surface area contributed by atoms with Gasteiger partial charge in [0.2, 0.25) is 0 Å². The number of carbonyl (C=O) groups excluding carboxylic acids is 2. The molecule has 0 fully saturated rings. The number of primary amides is 1. The van der Waals surface area contributed by atoms with E-state index in [9.17, 15) is 14.0 Å². The van der Waals surface area contributed by atoms with E-state index < -0.39 is 11.9 Å². The molecule has 0 aliphatic heterocycles. The predicted octanol–water partition coefficient (Wildman–Crippen LogP) is 3.48. The summed E-state index contributed by atoms with van der Waals surface area (Å²) in [7, 11) is 0. The SMILES string of the molecule is NC(=O)COc1ccc(NC(C(=O)Nc2ccc(F)cc2)c2ccccc2)cc1. The van der Waals surface area contributed by atoms with Gasteiger partial charge in [0.1, 0.15) is 17.6 Å². The Morgan fingerprint density at radius 3 is 2.14 bits per heavy atom. The number of halogens is 1. The number of hydrogen-bond acceptors (Lipinski definition) is 4. The van der Waals surface area contributed by atoms with Gasteiger partial charge in [0.05, 0.1) is 0 Å². The van der Waals surface area contributed by atoms with Gasteiger partial charge < -0.3 is 21.1 Å². The molecule has 3 aromatic carbocycles. The summed E-state index contributed by atoms with van der Waals surface area (Å²) in [5.74, 6) is -0.744. The fourth-order valence-corrected chi connectivity index (χ4v) is 2.66. The van der Waals surface area contributed by atoms with Crippen LogP contribution in [0.3, 0.4) is 0 Å². The van der Waals surface area contributed by atoms with Crippen molar-refractivity contribution in [2.24, 2.45) is 5.73 Å². The summed E-state index contributed by atoms with van der Waals surface area (Å²) >= 11 is 0. The van der Waals surface area contributed by atoms with Crippen molar-refractivity contribution in [2.45, 2.75) is 6.04 Å². The van der Waals surface area contributed by atoms with Crippen LogP contribution in [-0.2, 0) is 9.59 Å². The highest BCUT2D eigenvalue weighted by molar-refractivity contribution is 5.97. The largest absolute Gasteiger partial charge is 0.484 e. The lowest BCUT2D eigenvalue weighted by atomic mass is 10.1. The van der Waals surface area contributed by atoms with Crippen LogP contribution in [0.4, 0.5) is 15.8 Å². The number of nitrogens with two attached hydrogens (primary N) is 1. The van der Waals surface area contributed by atoms with E-state index in [4.69, 9.17) is 10.5 Å². The molecule has 0 spiro atoms. The maximum atomic E-state index is 13.1. The second-order valence-electron chi connectivity index (χ2n) is 6.26. The van der Waals surface area contributed by atoms with Gasteiger partial charge in [0, 0.05) is 11.4 Å². The molecule has 0 saturated heterocycles. The summed E-state index contributed by atoms with van der Waals surface area (Å²) < 4.78 is 18.3. The van der Waals surface area contributed by atoms with Gasteiger partial charge in [0.25, 0.3) is 11.8 Å². The van der Waals surface area contributed by atoms with Crippen molar-refractivity contribution in [2.75, 3.05) is 17.2 Å². The van der Waals surface area contributed by atoms with Crippen molar-refractivity contribution < 1.29 is 18.7 Å². The van der Waals surface area contributed by atoms with Crippen molar-refractivity contribution in [3.8, 4) is 5.75 Å². The quantitative estimate of drug-likeness (QED) is 0.546. The fraction of sp³-hybridized carbons (Fsp3) is 0.0909. The van der Waals surface area contributed by atoms with Gasteiger partial charge >= 0.3 is 0 Å². The molecular formula is C22H20FN3O3. The monoisotopic (exact) mass is 393 g/mol. The summed E-state index contributed by atoms with van der Waals surface area (Å²) in [6, 6.07) is 20.9. The summed E-state index contributed by atoms with van der Waals surface area (Å²) in [6.45, 7) is -0.209. The molecule has 29 heavy (non-hydrogen) atoms. The Balaban J connectivity index is 1.76. The number of rotatable bonds is 8. The first-order valence-corrected chi connectivity index (χ1v) is 8.90. The molecule has 7 heteroatoms. The zero-order valence-corrected chi connectivity index (χ0v) is 15.5. The van der Waals surface area contributed by atoms with E-state index in [0.717, 1.165) is 5.56 Å². The summed E-state index contributed by atoms with van der Waals surface area (Å²) in [4.78, 5) is 23.7. The van der Waals surface area contributed by atoms with Crippen LogP contribution in [0.1, 0.15) is 11.6 Å². The van der Waals surface area contributed by atoms with Gasteiger partial charge in [-0.2, -0.15) is 0 Å². The van der Waals surface area contributed by atoms with Gasteiger partial charge in [-0.05, 0) is 54.1 Å². The van der Waals surface area contributed by atoms with Gasteiger partial charge in [-0.1, -0.05) is 30.3 Å². The fourth-order valence-electron chi connectivity index (χ4n) is 2.66. The van der Waals surface area contributed by atoms with E-state index in [-0.39, 0.29) is 18.3 Å². The van der Waals surface area contributed by atoms with E-state index in [1.807, 2.05) is 30.3 Å². The topological polar surface area (TPSA) is 93.5 Å². The van der Waals surface area contributed by atoms with E-state index in [1.54, 1.807) is 24.3 Å². The number of anilines is 2. The van der Waals surface area contributed by atoms with Crippen molar-refractivity contribution in [1.29, 1.82) is 0 Å². The molecule has 0 aromatic heterocycles. The Bertz CT molecular complexity index is 961. The Morgan fingerprint density at radius 1 is 0.897 bits per heavy atom. The first-order chi connectivity index (χ1) is 14.0. The molecule has 148 valence electrons. The minimum atomic E-state index is -0.682. The third kappa shape index (κ3) is 5.80. The lowest BCUT2D eigenvalue weighted by molar-refractivity contribution is -0.120. The standard InChI is InChI=1S/C22H20FN3O3/c23-16-6-8-18(9-7-16)26-22(28)21(15-4-2-1-3-5-15)25-17-10-12-19(13-11-17)29-14-20(24)27/h1-13,21,25H,14H2,(H2,24,27)(H,26,28). The molecule has 3 aromatic rings. The van der Waals surface area contributed by atoms with Crippen molar-refractivity contribution in [3.05, 3.63) is 90.2 Å². The molecule has 1 atom stereocenters. The molecule has 1 unspecified atom stereocenters. The van der Waals surface area contributed by atoms with Crippen LogP contribution in [0.2, 0.25) is 0 Å². The molecule has 4 N–H and O–H groups in total. The number of amides is 2. The Labute approximate surface area is 167 Å². The average Bonchev–Trinajstić information content (AvgIpc) is 2.73. The van der Waals surface area contributed by atoms with Crippen molar-refractivity contribution in [1.82, 2.24) is 0 Å². The van der Waals surface area contributed by atoms with Gasteiger partial charge in [-0.25, -0.2) is 4.39 Å². The van der Waals surface area contributed by atoms with Crippen molar-refractivity contribution in [3.63, 3.8) is 0 Å². The Kier molecular flexibility index (Phi) is 6.42. The van der Waals surface area contributed by atoms with Crippen LogP contribution in [0.15, 0.2) is 78.9 Å². The average molecular weight is 393 g/mol. The van der Waals surface area contributed by atoms with E-state index in [1.165, 1.54) is 24.3 Å². The highest BCUT2D eigenvalue weighted by Crippen LogP contribution is 2.23. The number of benzene rings is 3. The lowest BCUT2D eigenvalue weighted by Gasteiger charge is -2.20. The van der Waals surface area contributed by atoms with Crippen LogP contribution < -0.4 is 21.1 Å². The second kappa shape index (κ2) is 9.36. The summed E-state index contributed by atoms with van der Waals surface area (Å²) in [6.07, 6.45) is 0. The zero-order chi connectivity index (χ0) is 20.6. The van der Waals surface area contributed by atoms with Crippen LogP contribution in [0.5, 0.6) is 5.75 Å². The van der Waals surface area contributed by atoms with Gasteiger partial charge in [0.15, 0.2) is 6.61 Å². The predicted molar refractivity (Wildman–Crippen MR) is 109 cm³/mol. The number of nitrogens with one attached hydrogen (secondary N) is 2. The number of carbonyl (C=O) groups is 2. The highest BCUT2D eigenvalue weighted by atomic mass is 19.1. The summed E-state index contributed by atoms with van der Waals surface area (Å²) in [5, 5.41) is 5.97.